The second-order valence-electron chi connectivity index (χ2n) is 4.36. The van der Waals surface area contributed by atoms with E-state index in [2.05, 4.69) is 22.4 Å². The number of benzene rings is 2. The van der Waals surface area contributed by atoms with Gasteiger partial charge in [0.1, 0.15) is 5.82 Å². The Labute approximate surface area is 117 Å². The molecule has 3 heteroatoms. The Bertz CT molecular complexity index is 687. The number of rotatable bonds is 3. The Hall–Kier alpha value is -2.06. The molecule has 0 amide bonds. The molecule has 0 spiro atoms. The second-order valence-corrected chi connectivity index (χ2v) is 4.80. The van der Waals surface area contributed by atoms with Gasteiger partial charge in [-0.1, -0.05) is 48.0 Å². The molecule has 0 aliphatic heterocycles. The molecule has 0 aliphatic rings. The SMILES string of the molecule is Clc1ccc(CNc2nccc3ccccc23)cc1. The minimum atomic E-state index is 0.734. The minimum Gasteiger partial charge on any atom is -0.365 e. The summed E-state index contributed by atoms with van der Waals surface area (Å²) in [6.45, 7) is 0.734. The van der Waals surface area contributed by atoms with Crippen LogP contribution in [0, 0.1) is 0 Å². The van der Waals surface area contributed by atoms with Crippen LogP contribution >= 0.6 is 11.6 Å². The number of anilines is 1. The van der Waals surface area contributed by atoms with Crippen molar-refractivity contribution < 1.29 is 0 Å². The van der Waals surface area contributed by atoms with Gasteiger partial charge in [-0.15, -0.1) is 0 Å². The monoisotopic (exact) mass is 268 g/mol. The summed E-state index contributed by atoms with van der Waals surface area (Å²) in [5.41, 5.74) is 1.18. The molecule has 3 rings (SSSR count). The molecule has 0 unspecified atom stereocenters. The number of fused-ring (bicyclic) bond motifs is 1. The maximum atomic E-state index is 5.87. The van der Waals surface area contributed by atoms with Crippen LogP contribution in [0.5, 0.6) is 0 Å². The van der Waals surface area contributed by atoms with Crippen molar-refractivity contribution in [3.63, 3.8) is 0 Å². The number of halogens is 1. The lowest BCUT2D eigenvalue weighted by Gasteiger charge is -2.08. The largest absolute Gasteiger partial charge is 0.365 e. The average Bonchev–Trinajstić information content (AvgIpc) is 2.47. The lowest BCUT2D eigenvalue weighted by atomic mass is 10.1. The summed E-state index contributed by atoms with van der Waals surface area (Å²) in [4.78, 5) is 4.40. The van der Waals surface area contributed by atoms with Gasteiger partial charge in [-0.05, 0) is 29.1 Å². The fraction of sp³-hybridized carbons (Fsp3) is 0.0625. The molecule has 0 saturated heterocycles. The summed E-state index contributed by atoms with van der Waals surface area (Å²) in [7, 11) is 0. The smallest absolute Gasteiger partial charge is 0.134 e. The normalized spacial score (nSPS) is 10.6. The van der Waals surface area contributed by atoms with Crippen LogP contribution in [0.4, 0.5) is 5.82 Å². The molecule has 0 radical (unpaired) electrons. The van der Waals surface area contributed by atoms with E-state index >= 15 is 0 Å². The summed E-state index contributed by atoms with van der Waals surface area (Å²) in [6, 6.07) is 18.1. The van der Waals surface area contributed by atoms with Crippen molar-refractivity contribution in [2.75, 3.05) is 5.32 Å². The molecule has 3 aromatic rings. The molecule has 0 fully saturated rings. The lowest BCUT2D eigenvalue weighted by Crippen LogP contribution is -2.01. The first-order chi connectivity index (χ1) is 9.33. The quantitative estimate of drug-likeness (QED) is 0.756. The third kappa shape index (κ3) is 2.69. The number of hydrogen-bond acceptors (Lipinski definition) is 2. The van der Waals surface area contributed by atoms with Gasteiger partial charge in [0.2, 0.25) is 0 Å². The number of nitrogens with one attached hydrogen (secondary N) is 1. The Morgan fingerprint density at radius 2 is 1.74 bits per heavy atom. The van der Waals surface area contributed by atoms with Crippen LogP contribution in [0.2, 0.25) is 5.02 Å². The number of hydrogen-bond donors (Lipinski definition) is 1. The maximum absolute atomic E-state index is 5.87. The van der Waals surface area contributed by atoms with E-state index in [1.165, 1.54) is 10.9 Å². The van der Waals surface area contributed by atoms with Crippen LogP contribution in [-0.4, -0.2) is 4.98 Å². The predicted octanol–water partition coefficient (Wildman–Crippen LogP) is 4.50. The summed E-state index contributed by atoms with van der Waals surface area (Å²) in [5, 5.41) is 6.45. The zero-order valence-corrected chi connectivity index (χ0v) is 11.1. The predicted molar refractivity (Wildman–Crippen MR) is 80.5 cm³/mol. The van der Waals surface area contributed by atoms with Gasteiger partial charge in [0, 0.05) is 23.2 Å². The highest BCUT2D eigenvalue weighted by Crippen LogP contribution is 2.21. The van der Waals surface area contributed by atoms with Crippen molar-refractivity contribution in [1.29, 1.82) is 0 Å². The van der Waals surface area contributed by atoms with Crippen molar-refractivity contribution in [3.05, 3.63) is 71.4 Å². The highest BCUT2D eigenvalue weighted by Gasteiger charge is 2.01. The fourth-order valence-corrected chi connectivity index (χ4v) is 2.17. The lowest BCUT2D eigenvalue weighted by molar-refractivity contribution is 1.12. The first-order valence-corrected chi connectivity index (χ1v) is 6.53. The van der Waals surface area contributed by atoms with E-state index in [1.807, 2.05) is 48.7 Å². The molecule has 1 aromatic heterocycles. The Morgan fingerprint density at radius 3 is 2.58 bits per heavy atom. The van der Waals surface area contributed by atoms with Crippen molar-refractivity contribution in [2.45, 2.75) is 6.54 Å². The standard InChI is InChI=1S/C16H13ClN2/c17-14-7-5-12(6-8-14)11-19-16-15-4-2-1-3-13(15)9-10-18-16/h1-10H,11H2,(H,18,19). The average molecular weight is 269 g/mol. The number of pyridine rings is 1. The van der Waals surface area contributed by atoms with Crippen LogP contribution in [0.3, 0.4) is 0 Å². The fourth-order valence-electron chi connectivity index (χ4n) is 2.05. The van der Waals surface area contributed by atoms with Crippen molar-refractivity contribution in [1.82, 2.24) is 4.98 Å². The van der Waals surface area contributed by atoms with E-state index in [9.17, 15) is 0 Å². The first-order valence-electron chi connectivity index (χ1n) is 6.15. The molecule has 2 aromatic carbocycles. The van der Waals surface area contributed by atoms with Gasteiger partial charge in [-0.25, -0.2) is 4.98 Å². The summed E-state index contributed by atoms with van der Waals surface area (Å²) in [6.07, 6.45) is 1.83. The van der Waals surface area contributed by atoms with Crippen molar-refractivity contribution in [3.8, 4) is 0 Å². The van der Waals surface area contributed by atoms with Gasteiger partial charge in [0.15, 0.2) is 0 Å². The second kappa shape index (κ2) is 5.29. The Morgan fingerprint density at radius 1 is 0.947 bits per heavy atom. The third-order valence-corrected chi connectivity index (χ3v) is 3.30. The van der Waals surface area contributed by atoms with Crippen LogP contribution in [0.1, 0.15) is 5.56 Å². The van der Waals surface area contributed by atoms with Gasteiger partial charge in [0.05, 0.1) is 0 Å². The van der Waals surface area contributed by atoms with Crippen LogP contribution < -0.4 is 5.32 Å². The van der Waals surface area contributed by atoms with Gasteiger partial charge >= 0.3 is 0 Å². The topological polar surface area (TPSA) is 24.9 Å². The van der Waals surface area contributed by atoms with Crippen LogP contribution in [-0.2, 0) is 6.54 Å². The highest BCUT2D eigenvalue weighted by molar-refractivity contribution is 6.30. The molecule has 0 atom stereocenters. The van der Waals surface area contributed by atoms with E-state index in [1.54, 1.807) is 0 Å². The summed E-state index contributed by atoms with van der Waals surface area (Å²) >= 11 is 5.87. The zero-order valence-electron chi connectivity index (χ0n) is 10.3. The van der Waals surface area contributed by atoms with Crippen molar-refractivity contribution in [2.24, 2.45) is 0 Å². The Kier molecular flexibility index (Phi) is 3.34. The van der Waals surface area contributed by atoms with Crippen LogP contribution in [0.15, 0.2) is 60.8 Å². The molecule has 1 N–H and O–H groups in total. The number of aromatic nitrogens is 1. The van der Waals surface area contributed by atoms with Gasteiger partial charge < -0.3 is 5.32 Å². The molecule has 0 saturated carbocycles. The molecule has 2 nitrogen and oxygen atoms in total. The third-order valence-electron chi connectivity index (χ3n) is 3.05. The van der Waals surface area contributed by atoms with E-state index < -0.39 is 0 Å². The minimum absolute atomic E-state index is 0.734. The van der Waals surface area contributed by atoms with Gasteiger partial charge in [0.25, 0.3) is 0 Å². The Balaban J connectivity index is 1.84. The highest BCUT2D eigenvalue weighted by atomic mass is 35.5. The molecular formula is C16H13ClN2. The van der Waals surface area contributed by atoms with Gasteiger partial charge in [-0.2, -0.15) is 0 Å². The first kappa shape index (κ1) is 12.0. The van der Waals surface area contributed by atoms with Crippen molar-refractivity contribution >= 4 is 28.2 Å². The summed E-state index contributed by atoms with van der Waals surface area (Å²) in [5.74, 6) is 0.910. The molecule has 0 bridgehead atoms. The molecule has 1 heterocycles. The molecular weight excluding hydrogens is 256 g/mol. The van der Waals surface area contributed by atoms with E-state index in [-0.39, 0.29) is 0 Å². The van der Waals surface area contributed by atoms with E-state index in [0.29, 0.717) is 0 Å². The zero-order chi connectivity index (χ0) is 13.1. The van der Waals surface area contributed by atoms with Crippen LogP contribution in [0.25, 0.3) is 10.8 Å². The molecule has 0 aliphatic carbocycles. The molecule has 94 valence electrons. The summed E-state index contributed by atoms with van der Waals surface area (Å²) < 4.78 is 0. The van der Waals surface area contributed by atoms with E-state index in [4.69, 9.17) is 11.6 Å². The maximum Gasteiger partial charge on any atom is 0.134 e. The molecule has 19 heavy (non-hydrogen) atoms. The number of nitrogens with zero attached hydrogens (tertiary/aromatic N) is 1. The van der Waals surface area contributed by atoms with Gasteiger partial charge in [-0.3, -0.25) is 0 Å². The van der Waals surface area contributed by atoms with E-state index in [0.717, 1.165) is 22.8 Å².